The van der Waals surface area contributed by atoms with Crippen molar-refractivity contribution in [2.24, 2.45) is 0 Å². The fourth-order valence-corrected chi connectivity index (χ4v) is 4.08. The second-order valence-corrected chi connectivity index (χ2v) is 7.56. The molecule has 1 aromatic carbocycles. The summed E-state index contributed by atoms with van der Waals surface area (Å²) in [5, 5.41) is 12.1. The zero-order valence-electron chi connectivity index (χ0n) is 17.2. The molecular weight excluding hydrogens is 434 g/mol. The van der Waals surface area contributed by atoms with Gasteiger partial charge in [-0.25, -0.2) is 9.37 Å². The Hall–Kier alpha value is -4.21. The van der Waals surface area contributed by atoms with Crippen LogP contribution in [0.15, 0.2) is 65.6 Å². The van der Waals surface area contributed by atoms with E-state index in [1.54, 1.807) is 29.3 Å². The molecule has 1 amide bonds. The number of aromatic hydroxyl groups is 1. The van der Waals surface area contributed by atoms with Gasteiger partial charge in [-0.3, -0.25) is 19.3 Å². The maximum absolute atomic E-state index is 14.9. The van der Waals surface area contributed by atoms with Crippen LogP contribution in [0, 0.1) is 11.8 Å². The van der Waals surface area contributed by atoms with E-state index < -0.39 is 34.9 Å². The summed E-state index contributed by atoms with van der Waals surface area (Å²) in [6.07, 6.45) is 4.65. The average molecular weight is 452 g/mol. The lowest BCUT2D eigenvalue weighted by Gasteiger charge is -2.43. The Bertz CT molecular complexity index is 1340. The van der Waals surface area contributed by atoms with Crippen molar-refractivity contribution in [3.63, 3.8) is 0 Å². The summed E-state index contributed by atoms with van der Waals surface area (Å²) in [6, 6.07) is 8.79. The first-order valence-corrected chi connectivity index (χ1v) is 10.1. The molecule has 4 heterocycles. The van der Waals surface area contributed by atoms with E-state index in [9.17, 15) is 23.5 Å². The van der Waals surface area contributed by atoms with Crippen molar-refractivity contribution < 1.29 is 23.4 Å². The molecule has 2 aromatic heterocycles. The lowest BCUT2D eigenvalue weighted by molar-refractivity contribution is 0.0700. The molecule has 0 saturated carbocycles. The molecule has 2 aliphatic heterocycles. The number of hydrogen-bond acceptors (Lipinski definition) is 6. The number of para-hydroxylation sites is 1. The highest BCUT2D eigenvalue weighted by molar-refractivity contribution is 5.96. The smallest absolute Gasteiger partial charge is 0.278 e. The molecule has 3 aromatic rings. The predicted molar refractivity (Wildman–Crippen MR) is 114 cm³/mol. The molecule has 33 heavy (non-hydrogen) atoms. The molecule has 1 atom stereocenters. The van der Waals surface area contributed by atoms with Crippen LogP contribution >= 0.6 is 0 Å². The van der Waals surface area contributed by atoms with Gasteiger partial charge >= 0.3 is 0 Å². The van der Waals surface area contributed by atoms with E-state index in [4.69, 9.17) is 4.74 Å². The SMILES string of the molecule is O=C1c2c(O)c(=O)ccn2N2CN1C/C=C\COc1c(F)cccc1[C@@H]2c1cccc(F)n1. The van der Waals surface area contributed by atoms with E-state index in [2.05, 4.69) is 4.98 Å². The van der Waals surface area contributed by atoms with Gasteiger partial charge in [0.15, 0.2) is 23.0 Å². The normalized spacial score (nSPS) is 18.6. The highest BCUT2D eigenvalue weighted by Crippen LogP contribution is 2.37. The van der Waals surface area contributed by atoms with Crippen molar-refractivity contribution >= 4 is 5.91 Å². The lowest BCUT2D eigenvalue weighted by atomic mass is 10.0. The first-order valence-electron chi connectivity index (χ1n) is 10.1. The number of amides is 1. The molecule has 1 N–H and O–H groups in total. The van der Waals surface area contributed by atoms with Gasteiger partial charge in [0.25, 0.3) is 5.91 Å². The monoisotopic (exact) mass is 452 g/mol. The van der Waals surface area contributed by atoms with Crippen LogP contribution in [-0.2, 0) is 0 Å². The number of hydrogen-bond donors (Lipinski definition) is 1. The van der Waals surface area contributed by atoms with Gasteiger partial charge in [0.2, 0.25) is 11.4 Å². The molecule has 2 bridgehead atoms. The zero-order valence-corrected chi connectivity index (χ0v) is 17.2. The highest BCUT2D eigenvalue weighted by Gasteiger charge is 2.38. The van der Waals surface area contributed by atoms with Crippen molar-refractivity contribution in [2.45, 2.75) is 6.04 Å². The second kappa shape index (κ2) is 8.05. The molecule has 5 rings (SSSR count). The summed E-state index contributed by atoms with van der Waals surface area (Å²) in [5.74, 6) is -2.67. The lowest BCUT2D eigenvalue weighted by Crippen LogP contribution is -2.55. The average Bonchev–Trinajstić information content (AvgIpc) is 2.82. The number of carbonyl (C=O) groups excluding carboxylic acids is 1. The summed E-state index contributed by atoms with van der Waals surface area (Å²) in [4.78, 5) is 30.7. The van der Waals surface area contributed by atoms with Gasteiger partial charge in [0.05, 0.1) is 5.69 Å². The van der Waals surface area contributed by atoms with Crippen molar-refractivity contribution in [3.05, 3.63) is 99.8 Å². The number of pyridine rings is 2. The number of benzene rings is 1. The van der Waals surface area contributed by atoms with Crippen LogP contribution in [-0.4, -0.2) is 45.4 Å². The van der Waals surface area contributed by atoms with E-state index in [1.807, 2.05) is 0 Å². The van der Waals surface area contributed by atoms with E-state index in [0.29, 0.717) is 5.56 Å². The van der Waals surface area contributed by atoms with Gasteiger partial charge in [-0.2, -0.15) is 4.39 Å². The largest absolute Gasteiger partial charge is 0.502 e. The molecule has 168 valence electrons. The third-order valence-electron chi connectivity index (χ3n) is 5.56. The van der Waals surface area contributed by atoms with Crippen LogP contribution in [0.5, 0.6) is 11.5 Å². The van der Waals surface area contributed by atoms with Gasteiger partial charge < -0.3 is 14.7 Å². The standard InChI is InChI=1S/C23H18F2N4O4/c24-15-6-3-5-14-19(16-7-4-8-18(25)26-16)29-13-27(10-1-2-12-33-22(14)15)23(32)20-21(31)17(30)9-11-28(20)29/h1-9,11,19,31H,10,12-13H2/b2-1-/t19-/m1/s1. The molecule has 2 aliphatic rings. The minimum Gasteiger partial charge on any atom is -0.502 e. The molecule has 0 aliphatic carbocycles. The quantitative estimate of drug-likeness (QED) is 0.451. The molecule has 0 radical (unpaired) electrons. The number of halogens is 2. The first kappa shape index (κ1) is 20.7. The molecule has 0 fully saturated rings. The summed E-state index contributed by atoms with van der Waals surface area (Å²) in [6.45, 7) is 0.163. The minimum absolute atomic E-state index is 0.0166. The van der Waals surface area contributed by atoms with Gasteiger partial charge in [0, 0.05) is 24.4 Å². The molecule has 10 heteroatoms. The van der Waals surface area contributed by atoms with E-state index in [1.165, 1.54) is 40.0 Å². The number of aromatic nitrogens is 2. The fraction of sp³-hybridized carbons (Fsp3) is 0.174. The van der Waals surface area contributed by atoms with Crippen molar-refractivity contribution in [3.8, 4) is 11.5 Å². The van der Waals surface area contributed by atoms with Crippen LogP contribution in [0.25, 0.3) is 0 Å². The van der Waals surface area contributed by atoms with Crippen molar-refractivity contribution in [1.82, 2.24) is 14.6 Å². The third kappa shape index (κ3) is 3.49. The second-order valence-electron chi connectivity index (χ2n) is 7.56. The Morgan fingerprint density at radius 3 is 2.70 bits per heavy atom. The number of carbonyl (C=O) groups is 1. The van der Waals surface area contributed by atoms with Crippen molar-refractivity contribution in [1.29, 1.82) is 0 Å². The van der Waals surface area contributed by atoms with Crippen LogP contribution in [0.3, 0.4) is 0 Å². The van der Waals surface area contributed by atoms with Gasteiger partial charge in [-0.15, -0.1) is 0 Å². The predicted octanol–water partition coefficient (Wildman–Crippen LogP) is 2.32. The van der Waals surface area contributed by atoms with Crippen LogP contribution in [0.2, 0.25) is 0 Å². The van der Waals surface area contributed by atoms with Crippen LogP contribution in [0.1, 0.15) is 27.8 Å². The topological polar surface area (TPSA) is 87.9 Å². The summed E-state index contributed by atoms with van der Waals surface area (Å²) >= 11 is 0. The number of nitrogens with zero attached hydrogens (tertiary/aromatic N) is 4. The number of fused-ring (bicyclic) bond motifs is 5. The van der Waals surface area contributed by atoms with E-state index in [0.717, 1.165) is 6.07 Å². The molecule has 8 nitrogen and oxygen atoms in total. The third-order valence-corrected chi connectivity index (χ3v) is 5.56. The Balaban J connectivity index is 1.83. The minimum atomic E-state index is -0.930. The Kier molecular flexibility index (Phi) is 5.04. The highest BCUT2D eigenvalue weighted by atomic mass is 19.1. The maximum atomic E-state index is 14.9. The van der Waals surface area contributed by atoms with Crippen LogP contribution in [0.4, 0.5) is 8.78 Å². The molecular formula is C23H18F2N4O4. The summed E-state index contributed by atoms with van der Waals surface area (Å²) in [7, 11) is 0. The number of ether oxygens (including phenoxy) is 1. The fourth-order valence-electron chi connectivity index (χ4n) is 4.08. The van der Waals surface area contributed by atoms with Gasteiger partial charge in [-0.05, 0) is 24.3 Å². The van der Waals surface area contributed by atoms with E-state index in [-0.39, 0.29) is 37.0 Å². The molecule has 0 spiro atoms. The zero-order chi connectivity index (χ0) is 23.1. The number of rotatable bonds is 1. The molecule has 0 unspecified atom stereocenters. The Labute approximate surface area is 186 Å². The first-order chi connectivity index (χ1) is 16.0. The van der Waals surface area contributed by atoms with Crippen molar-refractivity contribution in [2.75, 3.05) is 24.8 Å². The molecule has 0 saturated heterocycles. The Morgan fingerprint density at radius 1 is 1.06 bits per heavy atom. The summed E-state index contributed by atoms with van der Waals surface area (Å²) < 4.78 is 36.1. The maximum Gasteiger partial charge on any atom is 0.278 e. The van der Waals surface area contributed by atoms with Gasteiger partial charge in [0.1, 0.15) is 19.3 Å². The van der Waals surface area contributed by atoms with Gasteiger partial charge in [-0.1, -0.05) is 24.3 Å². The van der Waals surface area contributed by atoms with Crippen LogP contribution < -0.4 is 15.2 Å². The summed E-state index contributed by atoms with van der Waals surface area (Å²) in [5.41, 5.74) is -0.411. The van der Waals surface area contributed by atoms with E-state index >= 15 is 0 Å². The Morgan fingerprint density at radius 2 is 1.88 bits per heavy atom.